The normalized spacial score (nSPS) is 17.7. The van der Waals surface area contributed by atoms with E-state index in [2.05, 4.69) is 15.4 Å². The minimum absolute atomic E-state index is 0.0193. The molecule has 1 aromatic carbocycles. The van der Waals surface area contributed by atoms with Crippen molar-refractivity contribution in [2.75, 3.05) is 19.6 Å². The highest BCUT2D eigenvalue weighted by Gasteiger charge is 2.29. The molecule has 0 saturated carbocycles. The molecule has 1 N–H and O–H groups in total. The Labute approximate surface area is 156 Å². The highest BCUT2D eigenvalue weighted by atomic mass is 35.5. The number of pyridine rings is 1. The first kappa shape index (κ1) is 17.0. The largest absolute Gasteiger partial charge is 0.329 e. The molecule has 6 nitrogen and oxygen atoms in total. The second-order valence-corrected chi connectivity index (χ2v) is 7.01. The third kappa shape index (κ3) is 2.95. The molecule has 3 heterocycles. The first-order chi connectivity index (χ1) is 12.5. The number of halogens is 1. The van der Waals surface area contributed by atoms with Crippen LogP contribution in [0, 0.1) is 6.92 Å². The minimum Gasteiger partial charge on any atom is -0.329 e. The van der Waals surface area contributed by atoms with E-state index >= 15 is 0 Å². The lowest BCUT2D eigenvalue weighted by molar-refractivity contribution is 0.0634. The molecule has 4 rings (SSSR count). The maximum Gasteiger partial charge on any atom is 0.256 e. The van der Waals surface area contributed by atoms with Gasteiger partial charge in [0.15, 0.2) is 5.65 Å². The van der Waals surface area contributed by atoms with Crippen molar-refractivity contribution in [3.05, 3.63) is 58.4 Å². The average Bonchev–Trinajstić information content (AvgIpc) is 2.94. The number of fused-ring (bicyclic) bond motifs is 1. The molecule has 1 aliphatic heterocycles. The number of piperazine rings is 1. The van der Waals surface area contributed by atoms with Crippen LogP contribution in [0.2, 0.25) is 5.02 Å². The summed E-state index contributed by atoms with van der Waals surface area (Å²) in [6, 6.07) is 9.53. The topological polar surface area (TPSA) is 63.1 Å². The third-order valence-electron chi connectivity index (χ3n) is 4.85. The van der Waals surface area contributed by atoms with Gasteiger partial charge in [0.05, 0.1) is 17.3 Å². The van der Waals surface area contributed by atoms with Crippen LogP contribution >= 0.6 is 11.6 Å². The molecule has 0 spiro atoms. The molecular weight excluding hydrogens is 350 g/mol. The fourth-order valence-electron chi connectivity index (χ4n) is 3.55. The smallest absolute Gasteiger partial charge is 0.256 e. The van der Waals surface area contributed by atoms with E-state index in [9.17, 15) is 4.79 Å². The van der Waals surface area contributed by atoms with E-state index in [0.717, 1.165) is 28.8 Å². The summed E-state index contributed by atoms with van der Waals surface area (Å²) in [5.74, 6) is -0.0193. The highest BCUT2D eigenvalue weighted by molar-refractivity contribution is 6.30. The molecule has 1 fully saturated rings. The molecule has 1 amide bonds. The van der Waals surface area contributed by atoms with Crippen LogP contribution in [-0.2, 0) is 7.05 Å². The van der Waals surface area contributed by atoms with E-state index in [1.54, 1.807) is 10.9 Å². The third-order valence-corrected chi connectivity index (χ3v) is 5.08. The summed E-state index contributed by atoms with van der Waals surface area (Å²) in [6.07, 6.45) is 1.64. The SMILES string of the molecule is Cc1nn(C)c2ncc(C(=O)N3CCNCC3c3cccc(Cl)c3)cc12. The maximum absolute atomic E-state index is 13.2. The summed E-state index contributed by atoms with van der Waals surface area (Å²) in [5, 5.41) is 9.33. The monoisotopic (exact) mass is 369 g/mol. The van der Waals surface area contributed by atoms with Crippen molar-refractivity contribution < 1.29 is 4.79 Å². The van der Waals surface area contributed by atoms with Crippen molar-refractivity contribution >= 4 is 28.5 Å². The Morgan fingerprint density at radius 1 is 1.35 bits per heavy atom. The zero-order chi connectivity index (χ0) is 18.3. The minimum atomic E-state index is -0.0550. The van der Waals surface area contributed by atoms with Gasteiger partial charge in [-0.1, -0.05) is 23.7 Å². The predicted octanol–water partition coefficient (Wildman–Crippen LogP) is 2.72. The number of aryl methyl sites for hydroxylation is 2. The van der Waals surface area contributed by atoms with Gasteiger partial charge in [0, 0.05) is 43.3 Å². The summed E-state index contributed by atoms with van der Waals surface area (Å²) in [4.78, 5) is 19.6. The number of hydrogen-bond donors (Lipinski definition) is 1. The zero-order valence-electron chi connectivity index (χ0n) is 14.7. The van der Waals surface area contributed by atoms with Gasteiger partial charge >= 0.3 is 0 Å². The quantitative estimate of drug-likeness (QED) is 0.754. The molecular formula is C19H20ClN5O. The van der Waals surface area contributed by atoms with Gasteiger partial charge in [-0.05, 0) is 30.7 Å². The molecule has 134 valence electrons. The van der Waals surface area contributed by atoms with Crippen LogP contribution in [0.15, 0.2) is 36.5 Å². The van der Waals surface area contributed by atoms with E-state index in [0.29, 0.717) is 23.7 Å². The summed E-state index contributed by atoms with van der Waals surface area (Å²) in [6.45, 7) is 4.04. The van der Waals surface area contributed by atoms with E-state index in [-0.39, 0.29) is 11.9 Å². The number of carbonyl (C=O) groups is 1. The Kier molecular flexibility index (Phi) is 4.38. The predicted molar refractivity (Wildman–Crippen MR) is 101 cm³/mol. The van der Waals surface area contributed by atoms with Gasteiger partial charge in [-0.25, -0.2) is 4.98 Å². The molecule has 1 unspecified atom stereocenters. The van der Waals surface area contributed by atoms with Crippen molar-refractivity contribution in [3.63, 3.8) is 0 Å². The maximum atomic E-state index is 13.2. The van der Waals surface area contributed by atoms with Gasteiger partial charge in [0.1, 0.15) is 0 Å². The number of amides is 1. The average molecular weight is 370 g/mol. The fourth-order valence-corrected chi connectivity index (χ4v) is 3.75. The van der Waals surface area contributed by atoms with Gasteiger partial charge in [-0.2, -0.15) is 5.10 Å². The van der Waals surface area contributed by atoms with Gasteiger partial charge in [0.2, 0.25) is 0 Å². The molecule has 1 saturated heterocycles. The van der Waals surface area contributed by atoms with Crippen molar-refractivity contribution in [1.29, 1.82) is 0 Å². The Hall–Kier alpha value is -2.44. The molecule has 1 aliphatic rings. The number of nitrogens with zero attached hydrogens (tertiary/aromatic N) is 4. The van der Waals surface area contributed by atoms with Crippen LogP contribution in [0.25, 0.3) is 11.0 Å². The number of rotatable bonds is 2. The van der Waals surface area contributed by atoms with Crippen molar-refractivity contribution in [3.8, 4) is 0 Å². The number of benzene rings is 1. The lowest BCUT2D eigenvalue weighted by Crippen LogP contribution is -2.48. The molecule has 26 heavy (non-hydrogen) atoms. The van der Waals surface area contributed by atoms with Crippen LogP contribution in [0.5, 0.6) is 0 Å². The van der Waals surface area contributed by atoms with E-state index in [1.165, 1.54) is 0 Å². The molecule has 3 aromatic rings. The lowest BCUT2D eigenvalue weighted by Gasteiger charge is -2.36. The second kappa shape index (κ2) is 6.70. The molecule has 7 heteroatoms. The van der Waals surface area contributed by atoms with E-state index < -0.39 is 0 Å². The lowest BCUT2D eigenvalue weighted by atomic mass is 10.0. The van der Waals surface area contributed by atoms with E-state index in [4.69, 9.17) is 11.6 Å². The molecule has 0 bridgehead atoms. The number of carbonyl (C=O) groups excluding carboxylic acids is 1. The van der Waals surface area contributed by atoms with Crippen LogP contribution in [0.1, 0.15) is 27.7 Å². The van der Waals surface area contributed by atoms with Gasteiger partial charge in [0.25, 0.3) is 5.91 Å². The van der Waals surface area contributed by atoms with E-state index in [1.807, 2.05) is 49.2 Å². The molecule has 2 aromatic heterocycles. The van der Waals surface area contributed by atoms with Gasteiger partial charge < -0.3 is 10.2 Å². The fraction of sp³-hybridized carbons (Fsp3) is 0.316. The Morgan fingerprint density at radius 3 is 3.00 bits per heavy atom. The summed E-state index contributed by atoms with van der Waals surface area (Å²) >= 11 is 6.15. The van der Waals surface area contributed by atoms with Gasteiger partial charge in [-0.3, -0.25) is 9.48 Å². The Balaban J connectivity index is 1.70. The first-order valence-electron chi connectivity index (χ1n) is 8.61. The molecule has 0 radical (unpaired) electrons. The van der Waals surface area contributed by atoms with Crippen LogP contribution < -0.4 is 5.32 Å². The highest BCUT2D eigenvalue weighted by Crippen LogP contribution is 2.27. The standard InChI is InChI=1S/C19H20ClN5O/c1-12-16-9-14(10-22-18(16)24(2)23-12)19(26)25-7-6-21-11-17(25)13-4-3-5-15(20)8-13/h3-5,8-10,17,21H,6-7,11H2,1-2H3. The van der Waals surface area contributed by atoms with Crippen molar-refractivity contribution in [2.24, 2.45) is 7.05 Å². The van der Waals surface area contributed by atoms with Crippen molar-refractivity contribution in [1.82, 2.24) is 25.0 Å². The summed E-state index contributed by atoms with van der Waals surface area (Å²) in [7, 11) is 1.86. The van der Waals surface area contributed by atoms with Crippen LogP contribution in [0.3, 0.4) is 0 Å². The number of hydrogen-bond acceptors (Lipinski definition) is 4. The van der Waals surface area contributed by atoms with Crippen molar-refractivity contribution in [2.45, 2.75) is 13.0 Å². The number of aromatic nitrogens is 3. The Morgan fingerprint density at radius 2 is 2.19 bits per heavy atom. The summed E-state index contributed by atoms with van der Waals surface area (Å²) in [5.41, 5.74) is 3.27. The zero-order valence-corrected chi connectivity index (χ0v) is 15.5. The van der Waals surface area contributed by atoms with Crippen LogP contribution in [-0.4, -0.2) is 45.2 Å². The second-order valence-electron chi connectivity index (χ2n) is 6.58. The molecule has 0 aliphatic carbocycles. The van der Waals surface area contributed by atoms with Crippen LogP contribution in [0.4, 0.5) is 0 Å². The summed E-state index contributed by atoms with van der Waals surface area (Å²) < 4.78 is 1.73. The number of nitrogens with one attached hydrogen (secondary N) is 1. The first-order valence-corrected chi connectivity index (χ1v) is 8.99. The molecule has 1 atom stereocenters. The van der Waals surface area contributed by atoms with Gasteiger partial charge in [-0.15, -0.1) is 0 Å². The Bertz CT molecular complexity index is 983.